The Balaban J connectivity index is 1.54. The lowest BCUT2D eigenvalue weighted by atomic mass is 9.66. The van der Waals surface area contributed by atoms with Crippen LogP contribution in [0.4, 0.5) is 5.69 Å². The highest BCUT2D eigenvalue weighted by Gasteiger charge is 2.64. The van der Waals surface area contributed by atoms with Gasteiger partial charge in [0, 0.05) is 30.5 Å². The van der Waals surface area contributed by atoms with E-state index in [-0.39, 0.29) is 35.9 Å². The number of nitrogens with one attached hydrogen (secondary N) is 2. The second-order valence-electron chi connectivity index (χ2n) is 8.66. The summed E-state index contributed by atoms with van der Waals surface area (Å²) in [4.78, 5) is 27.1. The summed E-state index contributed by atoms with van der Waals surface area (Å²) in [5.41, 5.74) is 1.96. The molecule has 0 aromatic heterocycles. The molecule has 0 bridgehead atoms. The van der Waals surface area contributed by atoms with Crippen LogP contribution < -0.4 is 15.0 Å². The summed E-state index contributed by atoms with van der Waals surface area (Å²) in [6.45, 7) is 3.90. The number of hydrogen-bond acceptors (Lipinski definition) is 5. The third kappa shape index (κ3) is 2.46. The number of benzene rings is 1. The van der Waals surface area contributed by atoms with Gasteiger partial charge in [0.15, 0.2) is 0 Å². The van der Waals surface area contributed by atoms with Crippen molar-refractivity contribution < 1.29 is 28.7 Å². The fourth-order valence-electron chi connectivity index (χ4n) is 6.17. The number of rotatable bonds is 2. The first-order valence-corrected chi connectivity index (χ1v) is 10.3. The number of esters is 1. The number of quaternary nitrogens is 1. The van der Waals surface area contributed by atoms with Crippen LogP contribution in [0.25, 0.3) is 0 Å². The highest BCUT2D eigenvalue weighted by molar-refractivity contribution is 6.07. The predicted molar refractivity (Wildman–Crippen MR) is 105 cm³/mol. The lowest BCUT2D eigenvalue weighted by Crippen LogP contribution is -3.17. The quantitative estimate of drug-likeness (QED) is 0.715. The molecule has 29 heavy (non-hydrogen) atoms. The zero-order valence-electron chi connectivity index (χ0n) is 17.0. The molecule has 4 heterocycles. The van der Waals surface area contributed by atoms with E-state index in [9.17, 15) is 9.59 Å². The number of hydrogen-bond donors (Lipinski definition) is 2. The van der Waals surface area contributed by atoms with Gasteiger partial charge >= 0.3 is 5.97 Å². The Bertz CT molecular complexity index is 912. The second kappa shape index (κ2) is 6.49. The van der Waals surface area contributed by atoms with E-state index in [1.807, 2.05) is 18.2 Å². The molecule has 1 aromatic carbocycles. The van der Waals surface area contributed by atoms with Crippen LogP contribution in [-0.2, 0) is 24.5 Å². The van der Waals surface area contributed by atoms with Gasteiger partial charge in [-0.1, -0.05) is 6.07 Å². The summed E-state index contributed by atoms with van der Waals surface area (Å²) in [6.07, 6.45) is 3.21. The van der Waals surface area contributed by atoms with Crippen LogP contribution in [0.2, 0.25) is 0 Å². The average Bonchev–Trinajstić information content (AvgIpc) is 3.25. The van der Waals surface area contributed by atoms with Gasteiger partial charge in [-0.3, -0.25) is 4.79 Å². The Morgan fingerprint density at radius 2 is 2.17 bits per heavy atom. The Kier molecular flexibility index (Phi) is 4.13. The van der Waals surface area contributed by atoms with E-state index in [1.54, 1.807) is 13.4 Å². The molecule has 0 saturated carbocycles. The fourth-order valence-corrected chi connectivity index (χ4v) is 6.17. The molecule has 7 heteroatoms. The van der Waals surface area contributed by atoms with Gasteiger partial charge in [0.05, 0.1) is 45.1 Å². The topological polar surface area (TPSA) is 78.3 Å². The molecule has 2 N–H and O–H groups in total. The summed E-state index contributed by atoms with van der Waals surface area (Å²) in [5, 5.41) is 3.10. The molecule has 4 aliphatic heterocycles. The fraction of sp³-hybridized carbons (Fsp3) is 0.545. The molecule has 1 unspecified atom stereocenters. The predicted octanol–water partition coefficient (Wildman–Crippen LogP) is 0.654. The Morgan fingerprint density at radius 1 is 1.34 bits per heavy atom. The molecular formula is C22H27N2O5+. The molecular weight excluding hydrogens is 372 g/mol. The van der Waals surface area contributed by atoms with Crippen LogP contribution in [0.3, 0.4) is 0 Å². The van der Waals surface area contributed by atoms with E-state index >= 15 is 0 Å². The highest BCUT2D eigenvalue weighted by atomic mass is 16.5. The number of ether oxygens (including phenoxy) is 3. The average molecular weight is 399 g/mol. The minimum Gasteiger partial charge on any atom is -0.497 e. The third-order valence-electron chi connectivity index (χ3n) is 7.63. The molecule has 4 aliphatic rings. The summed E-state index contributed by atoms with van der Waals surface area (Å²) in [6, 6.07) is 5.99. The van der Waals surface area contributed by atoms with E-state index < -0.39 is 5.41 Å². The first kappa shape index (κ1) is 18.5. The summed E-state index contributed by atoms with van der Waals surface area (Å²) in [5.74, 6) is 0.771. The van der Waals surface area contributed by atoms with E-state index in [1.165, 1.54) is 12.0 Å². The monoisotopic (exact) mass is 399 g/mol. The molecule has 5 rings (SSSR count). The molecule has 2 saturated heterocycles. The van der Waals surface area contributed by atoms with Crippen LogP contribution in [0.1, 0.15) is 25.3 Å². The van der Waals surface area contributed by atoms with Gasteiger partial charge < -0.3 is 24.4 Å². The first-order valence-electron chi connectivity index (χ1n) is 10.3. The summed E-state index contributed by atoms with van der Waals surface area (Å²) >= 11 is 0. The molecule has 1 spiro atoms. The molecule has 6 atom stereocenters. The minimum absolute atomic E-state index is 0.0463. The van der Waals surface area contributed by atoms with Crippen molar-refractivity contribution in [3.8, 4) is 5.75 Å². The number of anilines is 1. The van der Waals surface area contributed by atoms with Gasteiger partial charge in [0.25, 0.3) is 0 Å². The molecule has 1 amide bonds. The van der Waals surface area contributed by atoms with Crippen molar-refractivity contribution in [2.75, 3.05) is 32.6 Å². The zero-order chi connectivity index (χ0) is 20.3. The largest absolute Gasteiger partial charge is 0.497 e. The normalized spacial score (nSPS) is 37.0. The third-order valence-corrected chi connectivity index (χ3v) is 7.63. The smallest absolute Gasteiger partial charge is 0.337 e. The van der Waals surface area contributed by atoms with E-state index in [0.29, 0.717) is 5.57 Å². The minimum atomic E-state index is -0.551. The SMILES string of the molecule is COC(=O)C1=CO[C@@H](C)[C@@H]2C[NH+]3CC[C@@]4(C(=O)Nc5cc(OC)ccc54)[C@H]3C[C@H]12. The molecule has 154 valence electrons. The van der Waals surface area contributed by atoms with Crippen molar-refractivity contribution in [1.29, 1.82) is 0 Å². The Labute approximate surface area is 170 Å². The molecule has 7 nitrogen and oxygen atoms in total. The van der Waals surface area contributed by atoms with Gasteiger partial charge in [-0.05, 0) is 18.6 Å². The molecule has 2 fully saturated rings. The van der Waals surface area contributed by atoms with Crippen molar-refractivity contribution in [3.63, 3.8) is 0 Å². The van der Waals surface area contributed by atoms with Gasteiger partial charge in [-0.25, -0.2) is 4.79 Å². The molecule has 0 aliphatic carbocycles. The standard InChI is InChI=1S/C22H26N2O5/c1-12-15-10-24-7-6-22(17-5-4-13(27-2)8-18(17)23-21(22)26)19(24)9-14(15)16(11-29-12)20(25)28-3/h4-5,8,11-12,14-15,19H,6-7,9-10H2,1-3H3,(H,23,26)/p+1/t12-,14-,15-,19+,22-/m0/s1. The van der Waals surface area contributed by atoms with Crippen LogP contribution in [-0.4, -0.2) is 51.3 Å². The number of methoxy groups -OCH3 is 2. The van der Waals surface area contributed by atoms with Crippen LogP contribution in [0.5, 0.6) is 5.75 Å². The van der Waals surface area contributed by atoms with Gasteiger partial charge in [0.1, 0.15) is 23.3 Å². The zero-order valence-corrected chi connectivity index (χ0v) is 17.0. The highest BCUT2D eigenvalue weighted by Crippen LogP contribution is 2.49. The van der Waals surface area contributed by atoms with Crippen molar-refractivity contribution in [2.24, 2.45) is 11.8 Å². The van der Waals surface area contributed by atoms with E-state index in [2.05, 4.69) is 12.2 Å². The van der Waals surface area contributed by atoms with E-state index in [4.69, 9.17) is 14.2 Å². The lowest BCUT2D eigenvalue weighted by molar-refractivity contribution is -0.925. The van der Waals surface area contributed by atoms with E-state index in [0.717, 1.165) is 42.9 Å². The number of fused-ring (bicyclic) bond motifs is 5. The molecule has 1 aromatic rings. The maximum absolute atomic E-state index is 13.3. The lowest BCUT2D eigenvalue weighted by Gasteiger charge is -2.45. The van der Waals surface area contributed by atoms with Crippen molar-refractivity contribution in [2.45, 2.75) is 37.3 Å². The van der Waals surface area contributed by atoms with Crippen molar-refractivity contribution in [1.82, 2.24) is 0 Å². The Hall–Kier alpha value is -2.54. The Morgan fingerprint density at radius 3 is 2.93 bits per heavy atom. The summed E-state index contributed by atoms with van der Waals surface area (Å²) in [7, 11) is 3.03. The van der Waals surface area contributed by atoms with Gasteiger partial charge in [-0.2, -0.15) is 0 Å². The summed E-state index contributed by atoms with van der Waals surface area (Å²) < 4.78 is 16.1. The van der Waals surface area contributed by atoms with Crippen LogP contribution in [0, 0.1) is 11.8 Å². The number of carbonyl (C=O) groups excluding carboxylic acids is 2. The van der Waals surface area contributed by atoms with Crippen molar-refractivity contribution >= 4 is 17.6 Å². The number of carbonyl (C=O) groups is 2. The first-order chi connectivity index (χ1) is 14.0. The van der Waals surface area contributed by atoms with Gasteiger partial charge in [0.2, 0.25) is 5.91 Å². The maximum Gasteiger partial charge on any atom is 0.337 e. The van der Waals surface area contributed by atoms with Crippen LogP contribution in [0.15, 0.2) is 30.0 Å². The number of piperidine rings is 1. The second-order valence-corrected chi connectivity index (χ2v) is 8.66. The maximum atomic E-state index is 13.3. The van der Waals surface area contributed by atoms with Gasteiger partial charge in [-0.15, -0.1) is 0 Å². The molecule has 0 radical (unpaired) electrons. The number of amides is 1. The van der Waals surface area contributed by atoms with Crippen LogP contribution >= 0.6 is 0 Å². The van der Waals surface area contributed by atoms with Crippen molar-refractivity contribution in [3.05, 3.63) is 35.6 Å².